The number of para-hydroxylation sites is 10. The van der Waals surface area contributed by atoms with Crippen LogP contribution in [-0.2, 0) is 0 Å². The lowest BCUT2D eigenvalue weighted by atomic mass is 9.94. The van der Waals surface area contributed by atoms with Crippen molar-refractivity contribution in [1.82, 2.24) is 22.8 Å². The van der Waals surface area contributed by atoms with Gasteiger partial charge in [0.25, 0.3) is 0 Å². The zero-order valence-electron chi connectivity index (χ0n) is 42.6. The summed E-state index contributed by atoms with van der Waals surface area (Å²) in [6.45, 7) is 0. The molecule has 0 spiro atoms. The lowest BCUT2D eigenvalue weighted by Crippen LogP contribution is -2.18. The van der Waals surface area contributed by atoms with E-state index in [0.717, 1.165) is 149 Å². The van der Waals surface area contributed by atoms with E-state index in [9.17, 15) is 5.26 Å². The van der Waals surface area contributed by atoms with E-state index >= 15 is 0 Å². The van der Waals surface area contributed by atoms with Gasteiger partial charge in [0.1, 0.15) is 0 Å². The van der Waals surface area contributed by atoms with Crippen LogP contribution in [0.25, 0.3) is 149 Å². The molecule has 0 fully saturated rings. The van der Waals surface area contributed by atoms with Gasteiger partial charge in [0.05, 0.1) is 95.2 Å². The third-order valence-electron chi connectivity index (χ3n) is 16.7. The average Bonchev–Trinajstić information content (AvgIpc) is 3.47. The highest BCUT2D eigenvalue weighted by Crippen LogP contribution is 2.54. The van der Waals surface area contributed by atoms with Gasteiger partial charge in [-0.05, 0) is 78.4 Å². The number of rotatable bonds is 6. The van der Waals surface area contributed by atoms with Gasteiger partial charge in [-0.2, -0.15) is 5.26 Å². The first kappa shape index (κ1) is 43.4. The second kappa shape index (κ2) is 16.6. The summed E-state index contributed by atoms with van der Waals surface area (Å²) >= 11 is 0. The molecule has 0 bridgehead atoms. The number of aromatic nitrogens is 5. The molecular formula is C73H44N6. The topological polar surface area (TPSA) is 48.4 Å². The van der Waals surface area contributed by atoms with Gasteiger partial charge in [-0.25, -0.2) is 0 Å². The van der Waals surface area contributed by atoms with Crippen molar-refractivity contribution in [2.45, 2.75) is 0 Å². The number of nitrogens with zero attached hydrogens (tertiary/aromatic N) is 6. The van der Waals surface area contributed by atoms with Crippen molar-refractivity contribution < 1.29 is 0 Å². The average molecular weight is 1010 g/mol. The summed E-state index contributed by atoms with van der Waals surface area (Å²) in [5.74, 6) is 0. The third-order valence-corrected chi connectivity index (χ3v) is 16.7. The highest BCUT2D eigenvalue weighted by molar-refractivity contribution is 6.19. The summed E-state index contributed by atoms with van der Waals surface area (Å²) in [4.78, 5) is 0. The Morgan fingerprint density at radius 1 is 0.203 bits per heavy atom. The molecule has 0 unspecified atom stereocenters. The molecule has 0 aliphatic carbocycles. The van der Waals surface area contributed by atoms with Crippen molar-refractivity contribution in [1.29, 1.82) is 5.26 Å². The van der Waals surface area contributed by atoms with Crippen molar-refractivity contribution >= 4 is 109 Å². The van der Waals surface area contributed by atoms with Crippen LogP contribution in [0.1, 0.15) is 5.56 Å². The summed E-state index contributed by atoms with van der Waals surface area (Å²) in [6, 6.07) is 99.9. The van der Waals surface area contributed by atoms with Gasteiger partial charge in [0.15, 0.2) is 0 Å². The molecule has 79 heavy (non-hydrogen) atoms. The molecule has 12 aromatic carbocycles. The lowest BCUT2D eigenvalue weighted by molar-refractivity contribution is 1.00. The minimum Gasteiger partial charge on any atom is -0.306 e. The van der Waals surface area contributed by atoms with E-state index in [1.807, 2.05) is 12.1 Å². The van der Waals surface area contributed by atoms with E-state index in [0.29, 0.717) is 5.56 Å². The van der Waals surface area contributed by atoms with E-state index in [1.165, 1.54) is 0 Å². The Balaban J connectivity index is 1.30. The maximum Gasteiger partial charge on any atom is 0.0991 e. The Bertz CT molecular complexity index is 4940. The van der Waals surface area contributed by atoms with Crippen molar-refractivity contribution in [3.8, 4) is 45.6 Å². The van der Waals surface area contributed by atoms with Crippen LogP contribution < -0.4 is 0 Å². The van der Waals surface area contributed by atoms with Crippen LogP contribution >= 0.6 is 0 Å². The fraction of sp³-hybridized carbons (Fsp3) is 0. The largest absolute Gasteiger partial charge is 0.306 e. The molecule has 6 nitrogen and oxygen atoms in total. The van der Waals surface area contributed by atoms with Crippen molar-refractivity contribution in [3.05, 3.63) is 272 Å². The Hall–Kier alpha value is -10.9. The molecule has 0 saturated heterocycles. The highest BCUT2D eigenvalue weighted by Gasteiger charge is 2.36. The van der Waals surface area contributed by atoms with Crippen LogP contribution in [0, 0.1) is 11.3 Å². The Morgan fingerprint density at radius 3 is 0.582 bits per heavy atom. The molecule has 6 heteroatoms. The van der Waals surface area contributed by atoms with Gasteiger partial charge in [-0.3, -0.25) is 0 Å². The maximum absolute atomic E-state index is 10.6. The normalized spacial score (nSPS) is 12.0. The Morgan fingerprint density at radius 2 is 0.380 bits per heavy atom. The number of hydrogen-bond donors (Lipinski definition) is 0. The van der Waals surface area contributed by atoms with E-state index in [1.54, 1.807) is 0 Å². The second-order valence-corrected chi connectivity index (χ2v) is 20.7. The number of benzene rings is 12. The van der Waals surface area contributed by atoms with Crippen LogP contribution in [0.5, 0.6) is 0 Å². The minimum absolute atomic E-state index is 0.590. The highest BCUT2D eigenvalue weighted by atomic mass is 15.2. The summed E-state index contributed by atoms with van der Waals surface area (Å²) in [5.41, 5.74) is 18.3. The molecule has 5 heterocycles. The summed E-state index contributed by atoms with van der Waals surface area (Å²) in [6.07, 6.45) is 0. The van der Waals surface area contributed by atoms with Gasteiger partial charge in [0.2, 0.25) is 0 Å². The summed E-state index contributed by atoms with van der Waals surface area (Å²) in [5, 5.41) is 22.1. The molecule has 17 rings (SSSR count). The molecule has 0 N–H and O–H groups in total. The molecule has 366 valence electrons. The number of nitriles is 1. The van der Waals surface area contributed by atoms with Crippen molar-refractivity contribution in [2.75, 3.05) is 0 Å². The molecule has 0 aliphatic heterocycles. The van der Waals surface area contributed by atoms with Crippen LogP contribution in [0.3, 0.4) is 0 Å². The van der Waals surface area contributed by atoms with Gasteiger partial charge >= 0.3 is 0 Å². The first-order valence-corrected chi connectivity index (χ1v) is 26.9. The minimum atomic E-state index is 0.590. The molecule has 5 aromatic heterocycles. The fourth-order valence-corrected chi connectivity index (χ4v) is 13.6. The van der Waals surface area contributed by atoms with Crippen molar-refractivity contribution in [3.63, 3.8) is 0 Å². The summed E-state index contributed by atoms with van der Waals surface area (Å²) < 4.78 is 12.8. The van der Waals surface area contributed by atoms with Crippen LogP contribution in [-0.4, -0.2) is 22.8 Å². The predicted octanol–water partition coefficient (Wildman–Crippen LogP) is 18.7. The lowest BCUT2D eigenvalue weighted by Gasteiger charge is -2.32. The van der Waals surface area contributed by atoms with E-state index in [4.69, 9.17) is 0 Å². The van der Waals surface area contributed by atoms with E-state index < -0.39 is 0 Å². The maximum atomic E-state index is 10.6. The van der Waals surface area contributed by atoms with Gasteiger partial charge in [-0.15, -0.1) is 0 Å². The zero-order chi connectivity index (χ0) is 51.9. The van der Waals surface area contributed by atoms with Gasteiger partial charge in [-0.1, -0.05) is 194 Å². The van der Waals surface area contributed by atoms with Gasteiger partial charge in [0, 0.05) is 59.4 Å². The molecule has 0 saturated carbocycles. The van der Waals surface area contributed by atoms with Crippen LogP contribution in [0.15, 0.2) is 267 Å². The first-order valence-electron chi connectivity index (χ1n) is 26.9. The number of hydrogen-bond acceptors (Lipinski definition) is 1. The monoisotopic (exact) mass is 1000 g/mol. The molecule has 17 aromatic rings. The SMILES string of the molecule is N#Cc1ccc(-c2c(-n3c4ccccc4c4ccccc43)c(-n3c4ccccc4c4ccccc43)c(-n3c4ccccc4c4ccccc43)c(-n3c4ccccc4c4ccccc43)c2-n2c3ccccc3c3ccccc32)cc1. The number of fused-ring (bicyclic) bond motifs is 15. The standard InChI is InChI=1S/C73H44N6/c74-45-46-41-43-47(44-42-46)68-69(75-58-31-11-1-21-48(58)49-22-2-12-32-59(49)75)71(77-62-35-15-5-25-52(62)53-26-6-16-36-63(53)77)73(79-66-39-19-9-29-56(66)57-30-10-20-40-67(57)79)72(78-64-37-17-7-27-54(64)55-28-8-18-38-65(55)78)70(68)76-60-33-13-3-23-50(60)51-24-4-14-34-61(51)76/h1-44H. The quantitative estimate of drug-likeness (QED) is 0.164. The molecule has 0 aliphatic rings. The Kier molecular flexibility index (Phi) is 9.10. The fourth-order valence-electron chi connectivity index (χ4n) is 13.6. The molecule has 0 radical (unpaired) electrons. The predicted molar refractivity (Wildman–Crippen MR) is 328 cm³/mol. The third kappa shape index (κ3) is 5.93. The van der Waals surface area contributed by atoms with Gasteiger partial charge < -0.3 is 22.8 Å². The summed E-state index contributed by atoms with van der Waals surface area (Å²) in [7, 11) is 0. The zero-order valence-corrected chi connectivity index (χ0v) is 42.6. The Labute approximate surface area is 452 Å². The molecular weight excluding hydrogens is 961 g/mol. The van der Waals surface area contributed by atoms with Crippen LogP contribution in [0.2, 0.25) is 0 Å². The van der Waals surface area contributed by atoms with E-state index in [2.05, 4.69) is 284 Å². The molecule has 0 amide bonds. The second-order valence-electron chi connectivity index (χ2n) is 20.7. The van der Waals surface area contributed by atoms with Crippen molar-refractivity contribution in [2.24, 2.45) is 0 Å². The van der Waals surface area contributed by atoms with Crippen LogP contribution in [0.4, 0.5) is 0 Å². The van der Waals surface area contributed by atoms with E-state index in [-0.39, 0.29) is 0 Å². The molecule has 0 atom stereocenters. The first-order chi connectivity index (χ1) is 39.2. The smallest absolute Gasteiger partial charge is 0.0991 e.